The number of methoxy groups -OCH3 is 1. The van der Waals surface area contributed by atoms with Gasteiger partial charge in [0.15, 0.2) is 0 Å². The van der Waals surface area contributed by atoms with Crippen molar-refractivity contribution < 1.29 is 14.3 Å². The highest BCUT2D eigenvalue weighted by atomic mass is 16.5. The van der Waals surface area contributed by atoms with Gasteiger partial charge in [0.2, 0.25) is 11.8 Å². The standard InChI is InChI=1S/C26H39N3O3/c1-21(2)16-25(30)29(17-22(3)4)20-26(31)28(14-15-32-5)19-24-12-9-13-27(24)18-23-10-7-6-8-11-23/h6-13,21-22H,14-20H2,1-5H3. The summed E-state index contributed by atoms with van der Waals surface area (Å²) in [5, 5.41) is 0. The van der Waals surface area contributed by atoms with Gasteiger partial charge in [-0.3, -0.25) is 9.59 Å². The van der Waals surface area contributed by atoms with E-state index in [9.17, 15) is 9.59 Å². The first-order valence-corrected chi connectivity index (χ1v) is 11.5. The molecule has 0 atom stereocenters. The molecular weight excluding hydrogens is 402 g/mol. The predicted octanol–water partition coefficient (Wildman–Crippen LogP) is 4.04. The second kappa shape index (κ2) is 13.1. The van der Waals surface area contributed by atoms with E-state index in [1.54, 1.807) is 16.9 Å². The second-order valence-corrected chi connectivity index (χ2v) is 9.19. The Hall–Kier alpha value is -2.60. The number of ether oxygens (including phenoxy) is 1. The zero-order chi connectivity index (χ0) is 23.5. The third-order valence-electron chi connectivity index (χ3n) is 5.24. The van der Waals surface area contributed by atoms with E-state index in [-0.39, 0.29) is 24.3 Å². The lowest BCUT2D eigenvalue weighted by molar-refractivity contribution is -0.142. The molecule has 0 unspecified atom stereocenters. The van der Waals surface area contributed by atoms with Crippen LogP contribution in [-0.2, 0) is 27.4 Å². The minimum Gasteiger partial charge on any atom is -0.383 e. The number of rotatable bonds is 13. The number of hydrogen-bond donors (Lipinski definition) is 0. The smallest absolute Gasteiger partial charge is 0.242 e. The molecule has 0 N–H and O–H groups in total. The quantitative estimate of drug-likeness (QED) is 0.471. The monoisotopic (exact) mass is 441 g/mol. The van der Waals surface area contributed by atoms with Crippen LogP contribution in [0.5, 0.6) is 0 Å². The van der Waals surface area contributed by atoms with E-state index in [1.807, 2.05) is 50.4 Å². The Bertz CT molecular complexity index is 830. The summed E-state index contributed by atoms with van der Waals surface area (Å²) in [6.07, 6.45) is 2.50. The van der Waals surface area contributed by atoms with E-state index in [4.69, 9.17) is 4.74 Å². The predicted molar refractivity (Wildman–Crippen MR) is 128 cm³/mol. The Morgan fingerprint density at radius 3 is 2.28 bits per heavy atom. The van der Waals surface area contributed by atoms with Gasteiger partial charge in [-0.2, -0.15) is 0 Å². The van der Waals surface area contributed by atoms with E-state index in [0.717, 1.165) is 12.2 Å². The van der Waals surface area contributed by atoms with Crippen LogP contribution in [0.2, 0.25) is 0 Å². The van der Waals surface area contributed by atoms with Crippen molar-refractivity contribution in [2.75, 3.05) is 33.4 Å². The van der Waals surface area contributed by atoms with Gasteiger partial charge in [-0.15, -0.1) is 0 Å². The minimum absolute atomic E-state index is 0.0428. The summed E-state index contributed by atoms with van der Waals surface area (Å²) in [5.41, 5.74) is 2.27. The molecule has 1 aromatic heterocycles. The third kappa shape index (κ3) is 8.50. The molecule has 176 valence electrons. The largest absolute Gasteiger partial charge is 0.383 e. The first-order chi connectivity index (χ1) is 15.3. The van der Waals surface area contributed by atoms with Gasteiger partial charge in [-0.05, 0) is 29.5 Å². The van der Waals surface area contributed by atoms with Gasteiger partial charge in [-0.25, -0.2) is 0 Å². The molecule has 2 amide bonds. The Labute approximate surface area is 193 Å². The highest BCUT2D eigenvalue weighted by Gasteiger charge is 2.23. The van der Waals surface area contributed by atoms with Crippen LogP contribution in [-0.4, -0.2) is 59.5 Å². The van der Waals surface area contributed by atoms with Crippen molar-refractivity contribution in [3.8, 4) is 0 Å². The molecule has 0 spiro atoms. The molecule has 0 aliphatic rings. The van der Waals surface area contributed by atoms with Crippen molar-refractivity contribution in [3.63, 3.8) is 0 Å². The summed E-state index contributed by atoms with van der Waals surface area (Å²) in [6, 6.07) is 14.3. The van der Waals surface area contributed by atoms with Crippen LogP contribution in [0.1, 0.15) is 45.4 Å². The van der Waals surface area contributed by atoms with Gasteiger partial charge in [0.05, 0.1) is 19.7 Å². The van der Waals surface area contributed by atoms with Gasteiger partial charge in [0.1, 0.15) is 0 Å². The van der Waals surface area contributed by atoms with Gasteiger partial charge >= 0.3 is 0 Å². The molecule has 0 fully saturated rings. The number of carbonyl (C=O) groups excluding carboxylic acids is 2. The van der Waals surface area contributed by atoms with Gasteiger partial charge in [0.25, 0.3) is 0 Å². The summed E-state index contributed by atoms with van der Waals surface area (Å²) < 4.78 is 7.42. The highest BCUT2D eigenvalue weighted by Crippen LogP contribution is 2.13. The highest BCUT2D eigenvalue weighted by molar-refractivity contribution is 5.85. The molecule has 0 radical (unpaired) electrons. The van der Waals surface area contributed by atoms with Crippen molar-refractivity contribution in [2.45, 2.75) is 47.2 Å². The van der Waals surface area contributed by atoms with Gasteiger partial charge in [-0.1, -0.05) is 58.0 Å². The number of aromatic nitrogens is 1. The van der Waals surface area contributed by atoms with Crippen LogP contribution in [0.15, 0.2) is 48.7 Å². The number of carbonyl (C=O) groups is 2. The fourth-order valence-corrected chi connectivity index (χ4v) is 3.65. The third-order valence-corrected chi connectivity index (χ3v) is 5.24. The summed E-state index contributed by atoms with van der Waals surface area (Å²) in [6.45, 7) is 11.1. The first-order valence-electron chi connectivity index (χ1n) is 11.5. The maximum Gasteiger partial charge on any atom is 0.242 e. The topological polar surface area (TPSA) is 54.8 Å². The summed E-state index contributed by atoms with van der Waals surface area (Å²) in [4.78, 5) is 29.6. The Morgan fingerprint density at radius 1 is 0.938 bits per heavy atom. The number of hydrogen-bond acceptors (Lipinski definition) is 3. The molecular formula is C26H39N3O3. The van der Waals surface area contributed by atoms with E-state index in [0.29, 0.717) is 38.6 Å². The van der Waals surface area contributed by atoms with E-state index < -0.39 is 0 Å². The van der Waals surface area contributed by atoms with Crippen LogP contribution >= 0.6 is 0 Å². The van der Waals surface area contributed by atoms with Crippen LogP contribution in [0.3, 0.4) is 0 Å². The van der Waals surface area contributed by atoms with Gasteiger partial charge < -0.3 is 19.1 Å². The van der Waals surface area contributed by atoms with Gasteiger partial charge in [0, 0.05) is 45.1 Å². The fraction of sp³-hybridized carbons (Fsp3) is 0.538. The van der Waals surface area contributed by atoms with Crippen LogP contribution in [0.25, 0.3) is 0 Å². The van der Waals surface area contributed by atoms with Crippen LogP contribution in [0.4, 0.5) is 0 Å². The normalized spacial score (nSPS) is 11.2. The first kappa shape index (κ1) is 25.7. The molecule has 0 aliphatic carbocycles. The second-order valence-electron chi connectivity index (χ2n) is 9.19. The zero-order valence-electron chi connectivity index (χ0n) is 20.3. The van der Waals surface area contributed by atoms with Crippen LogP contribution in [0, 0.1) is 11.8 Å². The van der Waals surface area contributed by atoms with E-state index >= 15 is 0 Å². The van der Waals surface area contributed by atoms with E-state index in [1.165, 1.54) is 5.56 Å². The maximum absolute atomic E-state index is 13.3. The van der Waals surface area contributed by atoms with Crippen molar-refractivity contribution in [2.24, 2.45) is 11.8 Å². The SMILES string of the molecule is COCCN(Cc1cccn1Cc1ccccc1)C(=O)CN(CC(C)C)C(=O)CC(C)C. The summed E-state index contributed by atoms with van der Waals surface area (Å²) in [7, 11) is 1.64. The zero-order valence-corrected chi connectivity index (χ0v) is 20.3. The van der Waals surface area contributed by atoms with Crippen LogP contribution < -0.4 is 0 Å². The Kier molecular flexibility index (Phi) is 10.5. The molecule has 0 saturated heterocycles. The molecule has 1 aromatic carbocycles. The number of nitrogens with zero attached hydrogens (tertiary/aromatic N) is 3. The lowest BCUT2D eigenvalue weighted by atomic mass is 10.1. The Balaban J connectivity index is 2.14. The molecule has 6 heteroatoms. The summed E-state index contributed by atoms with van der Waals surface area (Å²) >= 11 is 0. The molecule has 6 nitrogen and oxygen atoms in total. The minimum atomic E-state index is -0.0488. The Morgan fingerprint density at radius 2 is 1.66 bits per heavy atom. The molecule has 0 saturated carbocycles. The number of benzene rings is 1. The summed E-state index contributed by atoms with van der Waals surface area (Å²) in [5.74, 6) is 0.557. The fourth-order valence-electron chi connectivity index (χ4n) is 3.65. The molecule has 1 heterocycles. The van der Waals surface area contributed by atoms with Crippen molar-refractivity contribution in [1.29, 1.82) is 0 Å². The van der Waals surface area contributed by atoms with E-state index in [2.05, 4.69) is 30.5 Å². The van der Waals surface area contributed by atoms with Crippen molar-refractivity contribution in [3.05, 3.63) is 59.9 Å². The molecule has 32 heavy (non-hydrogen) atoms. The average Bonchev–Trinajstić information content (AvgIpc) is 3.16. The lowest BCUT2D eigenvalue weighted by Crippen LogP contribution is -2.45. The van der Waals surface area contributed by atoms with Crippen molar-refractivity contribution in [1.82, 2.24) is 14.4 Å². The molecule has 2 aromatic rings. The molecule has 0 bridgehead atoms. The maximum atomic E-state index is 13.3. The average molecular weight is 442 g/mol. The number of amides is 2. The van der Waals surface area contributed by atoms with Crippen molar-refractivity contribution >= 4 is 11.8 Å². The lowest BCUT2D eigenvalue weighted by Gasteiger charge is -2.29. The molecule has 0 aliphatic heterocycles. The molecule has 2 rings (SSSR count).